The summed E-state index contributed by atoms with van der Waals surface area (Å²) < 4.78 is 27.0. The van der Waals surface area contributed by atoms with Gasteiger partial charge >= 0.3 is 0 Å². The van der Waals surface area contributed by atoms with Crippen LogP contribution in [-0.4, -0.2) is 23.4 Å². The molecule has 0 aliphatic heterocycles. The van der Waals surface area contributed by atoms with Crippen molar-refractivity contribution in [1.29, 1.82) is 0 Å². The maximum absolute atomic E-state index is 12.0. The zero-order valence-corrected chi connectivity index (χ0v) is 12.9. The molecular formula is C9H5BrCl2N4O2S. The molecule has 0 saturated heterocycles. The molecule has 2 rings (SSSR count). The summed E-state index contributed by atoms with van der Waals surface area (Å²) in [5, 5.41) is -0.0113. The van der Waals surface area contributed by atoms with E-state index in [1.165, 1.54) is 12.3 Å². The Morgan fingerprint density at radius 2 is 1.74 bits per heavy atom. The van der Waals surface area contributed by atoms with Crippen LogP contribution in [0.3, 0.4) is 0 Å². The summed E-state index contributed by atoms with van der Waals surface area (Å²) in [4.78, 5) is 10.9. The number of halogens is 3. The van der Waals surface area contributed by atoms with Crippen LogP contribution in [0, 0.1) is 0 Å². The van der Waals surface area contributed by atoms with E-state index in [-0.39, 0.29) is 21.0 Å². The Bertz CT molecular complexity index is 709. The van der Waals surface area contributed by atoms with E-state index in [1.54, 1.807) is 0 Å². The number of rotatable bonds is 3. The Labute approximate surface area is 127 Å². The summed E-state index contributed by atoms with van der Waals surface area (Å²) in [6.45, 7) is 0. The van der Waals surface area contributed by atoms with Gasteiger partial charge in [0.25, 0.3) is 10.0 Å². The fourth-order valence-electron chi connectivity index (χ4n) is 1.14. The van der Waals surface area contributed by atoms with Crippen LogP contribution in [0.2, 0.25) is 10.4 Å². The van der Waals surface area contributed by atoms with E-state index in [2.05, 4.69) is 35.6 Å². The van der Waals surface area contributed by atoms with Gasteiger partial charge in [0.15, 0.2) is 5.15 Å². The minimum atomic E-state index is -3.85. The fraction of sp³-hybridized carbons (Fsp3) is 0. The van der Waals surface area contributed by atoms with E-state index >= 15 is 0 Å². The van der Waals surface area contributed by atoms with Crippen LogP contribution >= 0.6 is 39.1 Å². The highest BCUT2D eigenvalue weighted by Crippen LogP contribution is 2.25. The normalized spacial score (nSPS) is 11.3. The van der Waals surface area contributed by atoms with Gasteiger partial charge in [-0.15, -0.1) is 0 Å². The van der Waals surface area contributed by atoms with Crippen LogP contribution in [0.1, 0.15) is 0 Å². The summed E-state index contributed by atoms with van der Waals surface area (Å²) in [5.41, 5.74) is 0.144. The second-order valence-corrected chi connectivity index (χ2v) is 6.58. The van der Waals surface area contributed by atoms with Gasteiger partial charge < -0.3 is 0 Å². The van der Waals surface area contributed by atoms with Crippen molar-refractivity contribution in [3.05, 3.63) is 39.6 Å². The molecule has 10 heteroatoms. The average molecular weight is 384 g/mol. The van der Waals surface area contributed by atoms with Crippen molar-refractivity contribution in [3.8, 4) is 0 Å². The zero-order chi connectivity index (χ0) is 14.0. The van der Waals surface area contributed by atoms with E-state index in [9.17, 15) is 8.42 Å². The number of nitrogens with one attached hydrogen (secondary N) is 1. The second kappa shape index (κ2) is 5.58. The number of pyridine rings is 1. The first-order valence-electron chi connectivity index (χ1n) is 4.70. The van der Waals surface area contributed by atoms with Crippen molar-refractivity contribution in [2.75, 3.05) is 4.72 Å². The molecule has 0 bridgehead atoms. The monoisotopic (exact) mass is 382 g/mol. The van der Waals surface area contributed by atoms with Crippen molar-refractivity contribution < 1.29 is 8.42 Å². The summed E-state index contributed by atoms with van der Waals surface area (Å²) in [5.74, 6) is 0. The van der Waals surface area contributed by atoms with E-state index < -0.39 is 10.0 Å². The van der Waals surface area contributed by atoms with Crippen molar-refractivity contribution in [1.82, 2.24) is 15.0 Å². The molecule has 0 aromatic carbocycles. The number of anilines is 1. The maximum Gasteiger partial charge on any atom is 0.265 e. The van der Waals surface area contributed by atoms with Crippen LogP contribution in [-0.2, 0) is 10.0 Å². The molecule has 2 heterocycles. The first kappa shape index (κ1) is 14.4. The van der Waals surface area contributed by atoms with Crippen molar-refractivity contribution >= 4 is 54.8 Å². The molecule has 0 unspecified atom stereocenters. The summed E-state index contributed by atoms with van der Waals surface area (Å²) >= 11 is 14.5. The molecule has 6 nitrogen and oxygen atoms in total. The molecule has 0 aliphatic carbocycles. The summed E-state index contributed by atoms with van der Waals surface area (Å²) in [7, 11) is -3.85. The molecule has 0 aliphatic rings. The molecule has 0 radical (unpaired) electrons. The topological polar surface area (TPSA) is 84.8 Å². The molecule has 19 heavy (non-hydrogen) atoms. The number of sulfonamides is 1. The van der Waals surface area contributed by atoms with Gasteiger partial charge in [-0.3, -0.25) is 4.72 Å². The Kier molecular flexibility index (Phi) is 4.24. The number of nitrogens with zero attached hydrogens (tertiary/aromatic N) is 3. The van der Waals surface area contributed by atoms with E-state index in [4.69, 9.17) is 23.2 Å². The van der Waals surface area contributed by atoms with Crippen LogP contribution in [0.25, 0.3) is 0 Å². The van der Waals surface area contributed by atoms with Crippen LogP contribution < -0.4 is 4.72 Å². The highest BCUT2D eigenvalue weighted by atomic mass is 79.9. The lowest BCUT2D eigenvalue weighted by Crippen LogP contribution is -2.14. The van der Waals surface area contributed by atoms with E-state index in [0.29, 0.717) is 4.47 Å². The SMILES string of the molecule is O=S(=O)(Nc1cc(Br)cnc1Cl)c1cnc(Cl)nc1. The summed E-state index contributed by atoms with van der Waals surface area (Å²) in [6, 6.07) is 1.49. The van der Waals surface area contributed by atoms with E-state index in [1.807, 2.05) is 0 Å². The molecule has 1 N–H and O–H groups in total. The van der Waals surface area contributed by atoms with Gasteiger partial charge in [0.2, 0.25) is 5.28 Å². The third-order valence-corrected chi connectivity index (χ3v) is 4.21. The predicted octanol–water partition coefficient (Wildman–Crippen LogP) is 2.74. The minimum Gasteiger partial charge on any atom is -0.276 e. The highest BCUT2D eigenvalue weighted by molar-refractivity contribution is 9.10. The molecule has 0 fully saturated rings. The van der Waals surface area contributed by atoms with Gasteiger partial charge in [-0.05, 0) is 33.6 Å². The number of hydrogen-bond acceptors (Lipinski definition) is 5. The van der Waals surface area contributed by atoms with Crippen molar-refractivity contribution in [2.24, 2.45) is 0 Å². The van der Waals surface area contributed by atoms with Gasteiger partial charge in [-0.2, -0.15) is 0 Å². The molecule has 100 valence electrons. The average Bonchev–Trinajstić information content (AvgIpc) is 2.34. The smallest absolute Gasteiger partial charge is 0.265 e. The lowest BCUT2D eigenvalue weighted by molar-refractivity contribution is 0.600. The Hall–Kier alpha value is -0.960. The molecule has 2 aromatic heterocycles. The molecule has 2 aromatic rings. The molecule has 0 amide bonds. The lowest BCUT2D eigenvalue weighted by Gasteiger charge is -2.08. The number of hydrogen-bond donors (Lipinski definition) is 1. The number of aromatic nitrogens is 3. The largest absolute Gasteiger partial charge is 0.276 e. The van der Waals surface area contributed by atoms with Crippen LogP contribution in [0.15, 0.2) is 34.0 Å². The van der Waals surface area contributed by atoms with Crippen LogP contribution in [0.4, 0.5) is 5.69 Å². The molecular weight excluding hydrogens is 379 g/mol. The van der Waals surface area contributed by atoms with Gasteiger partial charge in [0.05, 0.1) is 18.1 Å². The molecule has 0 spiro atoms. The highest BCUT2D eigenvalue weighted by Gasteiger charge is 2.17. The second-order valence-electron chi connectivity index (χ2n) is 3.29. The summed E-state index contributed by atoms with van der Waals surface area (Å²) in [6.07, 6.45) is 3.64. The molecule has 0 saturated carbocycles. The Morgan fingerprint density at radius 1 is 1.11 bits per heavy atom. The van der Waals surface area contributed by atoms with Gasteiger partial charge in [-0.1, -0.05) is 11.6 Å². The maximum atomic E-state index is 12.0. The van der Waals surface area contributed by atoms with Gasteiger partial charge in [0, 0.05) is 10.7 Å². The first-order chi connectivity index (χ1) is 8.88. The third kappa shape index (κ3) is 3.53. The molecule has 0 atom stereocenters. The fourth-order valence-corrected chi connectivity index (χ4v) is 2.72. The van der Waals surface area contributed by atoms with Crippen LogP contribution in [0.5, 0.6) is 0 Å². The predicted molar refractivity (Wildman–Crippen MR) is 74.8 cm³/mol. The quantitative estimate of drug-likeness (QED) is 0.650. The zero-order valence-electron chi connectivity index (χ0n) is 9.01. The van der Waals surface area contributed by atoms with Gasteiger partial charge in [-0.25, -0.2) is 23.4 Å². The minimum absolute atomic E-state index is 0.0293. The van der Waals surface area contributed by atoms with Crippen molar-refractivity contribution in [3.63, 3.8) is 0 Å². The third-order valence-electron chi connectivity index (χ3n) is 1.96. The van der Waals surface area contributed by atoms with E-state index in [0.717, 1.165) is 12.4 Å². The lowest BCUT2D eigenvalue weighted by atomic mass is 10.4. The Morgan fingerprint density at radius 3 is 2.37 bits per heavy atom. The van der Waals surface area contributed by atoms with Gasteiger partial charge in [0.1, 0.15) is 4.90 Å². The Balaban J connectivity index is 2.36. The standard InChI is InChI=1S/C9H5BrCl2N4O2S/c10-5-1-7(8(11)13-2-5)16-19(17,18)6-3-14-9(12)15-4-6/h1-4,16H. The van der Waals surface area contributed by atoms with Crippen molar-refractivity contribution in [2.45, 2.75) is 4.90 Å². The first-order valence-corrected chi connectivity index (χ1v) is 7.73.